The van der Waals surface area contributed by atoms with Crippen LogP contribution in [-0.2, 0) is 6.54 Å². The molecule has 98 valence electrons. The van der Waals surface area contributed by atoms with Gasteiger partial charge in [0.1, 0.15) is 0 Å². The molecule has 2 aromatic rings. The molecule has 3 N–H and O–H groups in total. The SMILES string of the molecule is CN(Cc1ccccc1)c1ccc(/C(N)=N/O)cc1. The summed E-state index contributed by atoms with van der Waals surface area (Å²) in [5, 5.41) is 11.6. The first kappa shape index (κ1) is 13.0. The molecule has 4 heteroatoms. The van der Waals surface area contributed by atoms with Gasteiger partial charge in [0.2, 0.25) is 0 Å². The molecule has 0 fully saturated rings. The Labute approximate surface area is 112 Å². The summed E-state index contributed by atoms with van der Waals surface area (Å²) < 4.78 is 0. The topological polar surface area (TPSA) is 61.8 Å². The first-order valence-corrected chi connectivity index (χ1v) is 6.03. The summed E-state index contributed by atoms with van der Waals surface area (Å²) in [6.07, 6.45) is 0. The Bertz CT molecular complexity index is 549. The highest BCUT2D eigenvalue weighted by molar-refractivity contribution is 5.97. The molecule has 0 aromatic heterocycles. The quantitative estimate of drug-likeness (QED) is 0.382. The molecule has 0 aliphatic rings. The molecule has 0 amide bonds. The van der Waals surface area contributed by atoms with Gasteiger partial charge in [0, 0.05) is 24.8 Å². The number of hydrogen-bond donors (Lipinski definition) is 2. The lowest BCUT2D eigenvalue weighted by Gasteiger charge is -2.19. The van der Waals surface area contributed by atoms with E-state index >= 15 is 0 Å². The van der Waals surface area contributed by atoms with Gasteiger partial charge in [0.15, 0.2) is 5.84 Å². The molecule has 0 bridgehead atoms. The average molecular weight is 255 g/mol. The van der Waals surface area contributed by atoms with Crippen LogP contribution in [-0.4, -0.2) is 18.1 Å². The number of oxime groups is 1. The molecule has 0 saturated carbocycles. The highest BCUT2D eigenvalue weighted by Gasteiger charge is 2.03. The van der Waals surface area contributed by atoms with Crippen molar-refractivity contribution in [1.82, 2.24) is 0 Å². The van der Waals surface area contributed by atoms with Gasteiger partial charge in [-0.1, -0.05) is 35.5 Å². The Morgan fingerprint density at radius 2 is 1.74 bits per heavy atom. The van der Waals surface area contributed by atoms with Gasteiger partial charge in [-0.15, -0.1) is 0 Å². The van der Waals surface area contributed by atoms with Crippen LogP contribution in [0, 0.1) is 0 Å². The Morgan fingerprint density at radius 3 is 2.32 bits per heavy atom. The minimum atomic E-state index is 0.122. The van der Waals surface area contributed by atoms with Crippen LogP contribution in [0.15, 0.2) is 59.8 Å². The zero-order chi connectivity index (χ0) is 13.7. The number of amidine groups is 1. The van der Waals surface area contributed by atoms with E-state index in [-0.39, 0.29) is 5.84 Å². The van der Waals surface area contributed by atoms with Crippen molar-refractivity contribution in [3.8, 4) is 0 Å². The average Bonchev–Trinajstić information content (AvgIpc) is 2.47. The molecule has 2 rings (SSSR count). The highest BCUT2D eigenvalue weighted by atomic mass is 16.4. The molecular weight excluding hydrogens is 238 g/mol. The lowest BCUT2D eigenvalue weighted by Crippen LogP contribution is -2.17. The molecule has 0 saturated heterocycles. The van der Waals surface area contributed by atoms with Crippen molar-refractivity contribution in [3.63, 3.8) is 0 Å². The fraction of sp³-hybridized carbons (Fsp3) is 0.133. The number of hydrogen-bond acceptors (Lipinski definition) is 3. The molecule has 19 heavy (non-hydrogen) atoms. The zero-order valence-electron chi connectivity index (χ0n) is 10.8. The Kier molecular flexibility index (Phi) is 4.03. The van der Waals surface area contributed by atoms with Crippen LogP contribution in [0.3, 0.4) is 0 Å². The summed E-state index contributed by atoms with van der Waals surface area (Å²) in [5.74, 6) is 0.122. The van der Waals surface area contributed by atoms with Gasteiger partial charge in [-0.3, -0.25) is 0 Å². The van der Waals surface area contributed by atoms with Crippen LogP contribution < -0.4 is 10.6 Å². The normalized spacial score (nSPS) is 11.3. The smallest absolute Gasteiger partial charge is 0.170 e. The van der Waals surface area contributed by atoms with Gasteiger partial charge in [0.05, 0.1) is 0 Å². The van der Waals surface area contributed by atoms with Gasteiger partial charge < -0.3 is 15.8 Å². The van der Waals surface area contributed by atoms with Crippen LogP contribution in [0.25, 0.3) is 0 Å². The fourth-order valence-corrected chi connectivity index (χ4v) is 1.89. The molecule has 0 spiro atoms. The lowest BCUT2D eigenvalue weighted by atomic mass is 10.1. The van der Waals surface area contributed by atoms with E-state index < -0.39 is 0 Å². The van der Waals surface area contributed by atoms with E-state index in [0.29, 0.717) is 5.56 Å². The highest BCUT2D eigenvalue weighted by Crippen LogP contribution is 2.16. The molecule has 0 aliphatic carbocycles. The second-order valence-corrected chi connectivity index (χ2v) is 4.37. The zero-order valence-corrected chi connectivity index (χ0v) is 10.8. The molecule has 0 heterocycles. The van der Waals surface area contributed by atoms with Crippen LogP contribution in [0.2, 0.25) is 0 Å². The number of rotatable bonds is 4. The monoisotopic (exact) mass is 255 g/mol. The number of anilines is 1. The van der Waals surface area contributed by atoms with Crippen molar-refractivity contribution in [2.24, 2.45) is 10.9 Å². The third kappa shape index (κ3) is 3.25. The Balaban J connectivity index is 2.10. The molecular formula is C15H17N3O. The first-order chi connectivity index (χ1) is 9.20. The maximum absolute atomic E-state index is 8.61. The van der Waals surface area contributed by atoms with Crippen LogP contribution in [0.4, 0.5) is 5.69 Å². The van der Waals surface area contributed by atoms with E-state index in [4.69, 9.17) is 10.9 Å². The molecule has 0 aliphatic heterocycles. The van der Waals surface area contributed by atoms with Crippen molar-refractivity contribution in [2.75, 3.05) is 11.9 Å². The fourth-order valence-electron chi connectivity index (χ4n) is 1.89. The third-order valence-corrected chi connectivity index (χ3v) is 2.97. The molecule has 0 unspecified atom stereocenters. The summed E-state index contributed by atoms with van der Waals surface area (Å²) >= 11 is 0. The van der Waals surface area contributed by atoms with E-state index in [1.807, 2.05) is 49.5 Å². The van der Waals surface area contributed by atoms with Gasteiger partial charge >= 0.3 is 0 Å². The number of nitrogens with two attached hydrogens (primary N) is 1. The van der Waals surface area contributed by atoms with E-state index in [9.17, 15) is 0 Å². The third-order valence-electron chi connectivity index (χ3n) is 2.97. The summed E-state index contributed by atoms with van der Waals surface area (Å²) in [4.78, 5) is 2.14. The van der Waals surface area contributed by atoms with E-state index in [2.05, 4.69) is 22.2 Å². The van der Waals surface area contributed by atoms with Crippen molar-refractivity contribution in [2.45, 2.75) is 6.54 Å². The predicted molar refractivity (Wildman–Crippen MR) is 77.5 cm³/mol. The lowest BCUT2D eigenvalue weighted by molar-refractivity contribution is 0.318. The molecule has 2 aromatic carbocycles. The van der Waals surface area contributed by atoms with E-state index in [1.165, 1.54) is 5.56 Å². The summed E-state index contributed by atoms with van der Waals surface area (Å²) in [5.41, 5.74) is 8.58. The second-order valence-electron chi connectivity index (χ2n) is 4.37. The summed E-state index contributed by atoms with van der Waals surface area (Å²) in [6, 6.07) is 17.9. The number of nitrogens with zero attached hydrogens (tertiary/aromatic N) is 2. The Morgan fingerprint density at radius 1 is 1.11 bits per heavy atom. The van der Waals surface area contributed by atoms with Gasteiger partial charge in [-0.2, -0.15) is 0 Å². The van der Waals surface area contributed by atoms with Crippen molar-refractivity contribution >= 4 is 11.5 Å². The maximum Gasteiger partial charge on any atom is 0.170 e. The Hall–Kier alpha value is -2.49. The maximum atomic E-state index is 8.61. The van der Waals surface area contributed by atoms with Crippen molar-refractivity contribution in [3.05, 3.63) is 65.7 Å². The minimum absolute atomic E-state index is 0.122. The van der Waals surface area contributed by atoms with Crippen molar-refractivity contribution in [1.29, 1.82) is 0 Å². The molecule has 0 radical (unpaired) electrons. The van der Waals surface area contributed by atoms with Crippen molar-refractivity contribution < 1.29 is 5.21 Å². The second kappa shape index (κ2) is 5.91. The summed E-state index contributed by atoms with van der Waals surface area (Å²) in [6.45, 7) is 0.837. The van der Waals surface area contributed by atoms with Gasteiger partial charge in [-0.25, -0.2) is 0 Å². The van der Waals surface area contributed by atoms with Crippen LogP contribution in [0.1, 0.15) is 11.1 Å². The van der Waals surface area contributed by atoms with E-state index in [1.54, 1.807) is 0 Å². The van der Waals surface area contributed by atoms with Crippen LogP contribution in [0.5, 0.6) is 0 Å². The van der Waals surface area contributed by atoms with Gasteiger partial charge in [-0.05, 0) is 29.8 Å². The van der Waals surface area contributed by atoms with Gasteiger partial charge in [0.25, 0.3) is 0 Å². The van der Waals surface area contributed by atoms with E-state index in [0.717, 1.165) is 12.2 Å². The molecule has 0 atom stereocenters. The first-order valence-electron chi connectivity index (χ1n) is 6.03. The minimum Gasteiger partial charge on any atom is -0.409 e. The summed E-state index contributed by atoms with van der Waals surface area (Å²) in [7, 11) is 2.03. The number of benzene rings is 2. The molecule has 4 nitrogen and oxygen atoms in total. The largest absolute Gasteiger partial charge is 0.409 e. The predicted octanol–water partition coefficient (Wildman–Crippen LogP) is 2.42. The standard InChI is InChI=1S/C15H17N3O/c1-18(11-12-5-3-2-4-6-12)14-9-7-13(8-10-14)15(16)17-19/h2-10,19H,11H2,1H3,(H2,16,17). The van der Waals surface area contributed by atoms with Crippen LogP contribution >= 0.6 is 0 Å².